The van der Waals surface area contributed by atoms with Crippen molar-refractivity contribution in [3.8, 4) is 0 Å². The largest absolute Gasteiger partial charge is 0.0816 e. The fourth-order valence-electron chi connectivity index (χ4n) is 2.89. The second kappa shape index (κ2) is 1.66. The van der Waals surface area contributed by atoms with Crippen LogP contribution in [-0.2, 0) is 0 Å². The highest BCUT2D eigenvalue weighted by atomic mass is 14.5. The molecule has 2 bridgehead atoms. The summed E-state index contributed by atoms with van der Waals surface area (Å²) < 4.78 is 0. The second-order valence-electron chi connectivity index (χ2n) is 4.47. The molecule has 0 heterocycles. The first kappa shape index (κ1) is 6.45. The van der Waals surface area contributed by atoms with Crippen molar-refractivity contribution in [2.24, 2.45) is 17.3 Å². The molecule has 0 radical (unpaired) electrons. The normalized spacial score (nSPS) is 42.1. The van der Waals surface area contributed by atoms with Crippen LogP contribution < -0.4 is 0 Å². The van der Waals surface area contributed by atoms with Gasteiger partial charge < -0.3 is 0 Å². The highest BCUT2D eigenvalue weighted by Gasteiger charge is 2.46. The topological polar surface area (TPSA) is 0 Å². The van der Waals surface area contributed by atoms with Crippen molar-refractivity contribution in [1.29, 1.82) is 0 Å². The molecule has 0 nitrogen and oxygen atoms in total. The number of allylic oxidation sites excluding steroid dienone is 2. The molecule has 0 spiro atoms. The van der Waals surface area contributed by atoms with Gasteiger partial charge >= 0.3 is 0 Å². The van der Waals surface area contributed by atoms with Crippen molar-refractivity contribution >= 4 is 0 Å². The van der Waals surface area contributed by atoms with E-state index in [0.717, 1.165) is 11.8 Å². The molecule has 0 amide bonds. The van der Waals surface area contributed by atoms with Gasteiger partial charge in [0.15, 0.2) is 0 Å². The van der Waals surface area contributed by atoms with E-state index in [9.17, 15) is 0 Å². The number of fused-ring (bicyclic) bond motifs is 2. The van der Waals surface area contributed by atoms with Gasteiger partial charge in [-0.05, 0) is 37.0 Å². The lowest BCUT2D eigenvalue weighted by Crippen LogP contribution is -2.18. The van der Waals surface area contributed by atoms with Crippen molar-refractivity contribution in [2.75, 3.05) is 0 Å². The summed E-state index contributed by atoms with van der Waals surface area (Å²) in [7, 11) is 0. The molecule has 2 aliphatic rings. The van der Waals surface area contributed by atoms with Gasteiger partial charge in [-0.25, -0.2) is 0 Å². The van der Waals surface area contributed by atoms with Crippen LogP contribution in [0.15, 0.2) is 11.6 Å². The van der Waals surface area contributed by atoms with Crippen molar-refractivity contribution < 1.29 is 0 Å². The zero-order valence-electron chi connectivity index (χ0n) is 7.15. The van der Waals surface area contributed by atoms with Crippen molar-refractivity contribution in [1.82, 2.24) is 0 Å². The van der Waals surface area contributed by atoms with Crippen LogP contribution in [-0.4, -0.2) is 0 Å². The number of hydrogen-bond donors (Lipinski definition) is 0. The molecule has 2 atom stereocenters. The lowest BCUT2D eigenvalue weighted by Gasteiger charge is -2.25. The molecule has 0 heteroatoms. The van der Waals surface area contributed by atoms with Crippen molar-refractivity contribution in [3.63, 3.8) is 0 Å². The van der Waals surface area contributed by atoms with Crippen molar-refractivity contribution in [3.05, 3.63) is 11.6 Å². The molecule has 0 aromatic heterocycles. The van der Waals surface area contributed by atoms with E-state index in [2.05, 4.69) is 26.8 Å². The first-order valence-corrected chi connectivity index (χ1v) is 4.30. The maximum Gasteiger partial charge on any atom is -0.0149 e. The Balaban J connectivity index is 2.37. The van der Waals surface area contributed by atoms with Gasteiger partial charge in [0.05, 0.1) is 0 Å². The van der Waals surface area contributed by atoms with E-state index in [1.807, 2.05) is 0 Å². The summed E-state index contributed by atoms with van der Waals surface area (Å²) in [6, 6.07) is 0. The fraction of sp³-hybridized carbons (Fsp3) is 0.800. The van der Waals surface area contributed by atoms with Gasteiger partial charge in [-0.3, -0.25) is 0 Å². The lowest BCUT2D eigenvalue weighted by molar-refractivity contribution is 0.273. The zero-order valence-corrected chi connectivity index (χ0v) is 7.15. The summed E-state index contributed by atoms with van der Waals surface area (Å²) in [6.45, 7) is 7.14. The highest BCUT2D eigenvalue weighted by Crippen LogP contribution is 2.56. The Morgan fingerprint density at radius 2 is 2.10 bits per heavy atom. The maximum absolute atomic E-state index is 2.49. The second-order valence-corrected chi connectivity index (χ2v) is 4.47. The van der Waals surface area contributed by atoms with Crippen LogP contribution >= 0.6 is 0 Å². The molecule has 56 valence electrons. The molecule has 0 N–H and O–H groups in total. The van der Waals surface area contributed by atoms with E-state index >= 15 is 0 Å². The summed E-state index contributed by atoms with van der Waals surface area (Å²) in [5, 5.41) is 0. The Morgan fingerprint density at radius 3 is 2.30 bits per heavy atom. The van der Waals surface area contributed by atoms with Crippen molar-refractivity contribution in [2.45, 2.75) is 33.6 Å². The van der Waals surface area contributed by atoms with Crippen LogP contribution in [0, 0.1) is 17.3 Å². The van der Waals surface area contributed by atoms with E-state index in [0.29, 0.717) is 5.41 Å². The van der Waals surface area contributed by atoms with Gasteiger partial charge in [0.25, 0.3) is 0 Å². The summed E-state index contributed by atoms with van der Waals surface area (Å²) in [5.41, 5.74) is 2.26. The van der Waals surface area contributed by atoms with E-state index in [1.54, 1.807) is 5.57 Å². The Hall–Kier alpha value is -0.260. The van der Waals surface area contributed by atoms with Crippen LogP contribution in [0.1, 0.15) is 33.6 Å². The molecule has 0 aromatic rings. The molecule has 1 saturated carbocycles. The predicted molar refractivity (Wildman–Crippen MR) is 43.8 cm³/mol. The van der Waals surface area contributed by atoms with E-state index in [1.165, 1.54) is 12.8 Å². The predicted octanol–water partition coefficient (Wildman–Crippen LogP) is 3.00. The Kier molecular flexibility index (Phi) is 1.07. The Morgan fingerprint density at radius 1 is 1.40 bits per heavy atom. The minimum absolute atomic E-state index is 0.601. The molecular weight excluding hydrogens is 120 g/mol. The smallest absolute Gasteiger partial charge is 0.0149 e. The van der Waals surface area contributed by atoms with Crippen LogP contribution in [0.2, 0.25) is 0 Å². The monoisotopic (exact) mass is 136 g/mol. The van der Waals surface area contributed by atoms with E-state index in [4.69, 9.17) is 0 Å². The molecule has 0 saturated heterocycles. The molecule has 2 rings (SSSR count). The third kappa shape index (κ3) is 0.574. The summed E-state index contributed by atoms with van der Waals surface area (Å²) in [4.78, 5) is 0. The third-order valence-electron chi connectivity index (χ3n) is 3.63. The minimum Gasteiger partial charge on any atom is -0.0816 e. The van der Waals surface area contributed by atoms with Crippen LogP contribution in [0.3, 0.4) is 0 Å². The standard InChI is InChI=1S/C10H16/c1-7-6-8-4-5-9(7)10(8,2)3/h6,8-9H,4-5H2,1-3H3/t8-,9+/m1/s1. The van der Waals surface area contributed by atoms with E-state index in [-0.39, 0.29) is 0 Å². The van der Waals surface area contributed by atoms with E-state index < -0.39 is 0 Å². The molecule has 0 unspecified atom stereocenters. The van der Waals surface area contributed by atoms with Crippen LogP contribution in [0.4, 0.5) is 0 Å². The van der Waals surface area contributed by atoms with Gasteiger partial charge in [0, 0.05) is 0 Å². The van der Waals surface area contributed by atoms with Gasteiger partial charge in [-0.15, -0.1) is 0 Å². The summed E-state index contributed by atoms with van der Waals surface area (Å²) in [5.74, 6) is 1.81. The zero-order chi connectivity index (χ0) is 7.35. The lowest BCUT2D eigenvalue weighted by atomic mass is 9.80. The van der Waals surface area contributed by atoms with Gasteiger partial charge in [0.1, 0.15) is 0 Å². The van der Waals surface area contributed by atoms with Gasteiger partial charge in [0.2, 0.25) is 0 Å². The van der Waals surface area contributed by atoms with Crippen LogP contribution in [0.5, 0.6) is 0 Å². The number of hydrogen-bond acceptors (Lipinski definition) is 0. The molecule has 0 aromatic carbocycles. The number of rotatable bonds is 0. The van der Waals surface area contributed by atoms with Crippen LogP contribution in [0.25, 0.3) is 0 Å². The average Bonchev–Trinajstić information content (AvgIpc) is 2.20. The molecule has 2 aliphatic carbocycles. The quantitative estimate of drug-likeness (QED) is 0.449. The first-order valence-electron chi connectivity index (χ1n) is 4.30. The summed E-state index contributed by atoms with van der Waals surface area (Å²) in [6.07, 6.45) is 5.38. The SMILES string of the molecule is CC1=C[C@H]2CC[C@@H]1C2(C)C. The average molecular weight is 136 g/mol. The third-order valence-corrected chi connectivity index (χ3v) is 3.63. The maximum atomic E-state index is 2.49. The van der Waals surface area contributed by atoms with Gasteiger partial charge in [-0.2, -0.15) is 0 Å². The Labute approximate surface area is 63.3 Å². The molecule has 10 heavy (non-hydrogen) atoms. The minimum atomic E-state index is 0.601. The fourth-order valence-corrected chi connectivity index (χ4v) is 2.89. The Bertz CT molecular complexity index is 186. The molecule has 1 fully saturated rings. The highest BCUT2D eigenvalue weighted by molar-refractivity contribution is 5.23. The first-order chi connectivity index (χ1) is 4.62. The van der Waals surface area contributed by atoms with Gasteiger partial charge in [-0.1, -0.05) is 25.5 Å². The molecular formula is C10H16. The molecule has 0 aliphatic heterocycles. The summed E-state index contributed by atoms with van der Waals surface area (Å²) >= 11 is 0.